The molecule has 1 rings (SSSR count). The van der Waals surface area contributed by atoms with Crippen LogP contribution in [0.3, 0.4) is 0 Å². The molecule has 14 heavy (non-hydrogen) atoms. The number of aliphatic imine (C=N–C) groups is 1. The number of carbonyl (C=O) groups excluding carboxylic acids is 1. The lowest BCUT2D eigenvalue weighted by atomic mass is 9.78. The number of nitrogens with zero attached hydrogens (tertiary/aromatic N) is 2. The number of nitriles is 1. The van der Waals surface area contributed by atoms with Gasteiger partial charge in [-0.25, -0.2) is 4.79 Å². The number of hydrogen-bond donors (Lipinski definition) is 0. The van der Waals surface area contributed by atoms with Crippen molar-refractivity contribution in [3.05, 3.63) is 0 Å². The maximum atomic E-state index is 10.2. The van der Waals surface area contributed by atoms with Gasteiger partial charge in [0.15, 0.2) is 0 Å². The molecule has 0 heterocycles. The van der Waals surface area contributed by atoms with Gasteiger partial charge in [0.2, 0.25) is 6.08 Å². The van der Waals surface area contributed by atoms with E-state index in [1.807, 2.05) is 6.92 Å². The molecule has 0 aromatic rings. The Kier molecular flexibility index (Phi) is 3.67. The second-order valence-corrected chi connectivity index (χ2v) is 4.05. The Morgan fingerprint density at radius 3 is 2.71 bits per heavy atom. The van der Waals surface area contributed by atoms with Crippen molar-refractivity contribution in [1.82, 2.24) is 0 Å². The van der Waals surface area contributed by atoms with Crippen LogP contribution in [-0.2, 0) is 9.53 Å². The van der Waals surface area contributed by atoms with E-state index >= 15 is 0 Å². The summed E-state index contributed by atoms with van der Waals surface area (Å²) in [6, 6.07) is 0. The third kappa shape index (κ3) is 2.86. The smallest absolute Gasteiger partial charge is 0.286 e. The van der Waals surface area contributed by atoms with E-state index in [9.17, 15) is 4.79 Å². The lowest BCUT2D eigenvalue weighted by molar-refractivity contribution is 0.153. The van der Waals surface area contributed by atoms with Crippen LogP contribution in [0.15, 0.2) is 4.99 Å². The first kappa shape index (κ1) is 10.7. The average molecular weight is 194 g/mol. The predicted molar refractivity (Wildman–Crippen MR) is 50.0 cm³/mol. The van der Waals surface area contributed by atoms with E-state index in [2.05, 4.69) is 4.99 Å². The molecule has 0 unspecified atom stereocenters. The van der Waals surface area contributed by atoms with Gasteiger partial charge >= 0.3 is 0 Å². The highest BCUT2D eigenvalue weighted by atomic mass is 16.5. The molecule has 76 valence electrons. The Labute approximate surface area is 83.6 Å². The van der Waals surface area contributed by atoms with Crippen molar-refractivity contribution in [1.29, 1.82) is 5.26 Å². The molecule has 0 bridgehead atoms. The molecular formula is C10H14N2O2. The molecule has 1 fully saturated rings. The van der Waals surface area contributed by atoms with E-state index in [1.165, 1.54) is 0 Å². The summed E-state index contributed by atoms with van der Waals surface area (Å²) >= 11 is 0. The molecule has 1 saturated carbocycles. The van der Waals surface area contributed by atoms with E-state index < -0.39 is 0 Å². The molecule has 0 N–H and O–H groups in total. The van der Waals surface area contributed by atoms with E-state index in [0.717, 1.165) is 25.7 Å². The second kappa shape index (κ2) is 4.78. The van der Waals surface area contributed by atoms with E-state index in [-0.39, 0.29) is 5.54 Å². The summed E-state index contributed by atoms with van der Waals surface area (Å²) in [6.45, 7) is 2.47. The molecule has 1 aliphatic carbocycles. The summed E-state index contributed by atoms with van der Waals surface area (Å²) in [4.78, 5) is 14.0. The molecular weight excluding hydrogens is 180 g/mol. The molecule has 0 radical (unpaired) electrons. The second-order valence-electron chi connectivity index (χ2n) is 4.05. The SMILES string of the molecule is CC1(N=C=O)CCC(COC#N)CC1. The minimum atomic E-state index is -0.231. The summed E-state index contributed by atoms with van der Waals surface area (Å²) in [7, 11) is 0. The quantitative estimate of drug-likeness (QED) is 0.390. The first-order chi connectivity index (χ1) is 6.70. The minimum Gasteiger partial charge on any atom is -0.427 e. The predicted octanol–water partition coefficient (Wildman–Crippen LogP) is 1.77. The molecule has 1 aliphatic rings. The van der Waals surface area contributed by atoms with Crippen molar-refractivity contribution in [3.8, 4) is 6.26 Å². The fourth-order valence-corrected chi connectivity index (χ4v) is 1.84. The Balaban J connectivity index is 2.38. The zero-order valence-electron chi connectivity index (χ0n) is 8.32. The average Bonchev–Trinajstić information content (AvgIpc) is 2.17. The summed E-state index contributed by atoms with van der Waals surface area (Å²) in [5.74, 6) is 0.435. The van der Waals surface area contributed by atoms with Gasteiger partial charge in [-0.2, -0.15) is 10.3 Å². The van der Waals surface area contributed by atoms with Crippen LogP contribution in [0.5, 0.6) is 0 Å². The molecule has 4 nitrogen and oxygen atoms in total. The molecule has 4 heteroatoms. The molecule has 0 aliphatic heterocycles. The van der Waals surface area contributed by atoms with Crippen molar-refractivity contribution < 1.29 is 9.53 Å². The van der Waals surface area contributed by atoms with Crippen molar-refractivity contribution in [2.75, 3.05) is 6.61 Å². The fourth-order valence-electron chi connectivity index (χ4n) is 1.84. The van der Waals surface area contributed by atoms with Crippen LogP contribution in [0.4, 0.5) is 0 Å². The third-order valence-electron chi connectivity index (χ3n) is 2.88. The maximum absolute atomic E-state index is 10.2. The van der Waals surface area contributed by atoms with Crippen LogP contribution in [0.1, 0.15) is 32.6 Å². The zero-order chi connectivity index (χ0) is 10.4. The van der Waals surface area contributed by atoms with Crippen molar-refractivity contribution in [2.45, 2.75) is 38.1 Å². The lowest BCUT2D eigenvalue weighted by Crippen LogP contribution is -2.30. The summed E-state index contributed by atoms with van der Waals surface area (Å²) in [5, 5.41) is 8.24. The summed E-state index contributed by atoms with van der Waals surface area (Å²) < 4.78 is 4.70. The van der Waals surface area contributed by atoms with Gasteiger partial charge in [0.05, 0.1) is 5.54 Å². The Bertz CT molecular complexity index is 268. The van der Waals surface area contributed by atoms with Gasteiger partial charge in [0, 0.05) is 0 Å². The normalized spacial score (nSPS) is 31.3. The van der Waals surface area contributed by atoms with Gasteiger partial charge in [-0.1, -0.05) is 0 Å². The highest BCUT2D eigenvalue weighted by molar-refractivity contribution is 5.34. The van der Waals surface area contributed by atoms with Crippen molar-refractivity contribution in [2.24, 2.45) is 10.9 Å². The van der Waals surface area contributed by atoms with Gasteiger partial charge in [-0.05, 0) is 38.5 Å². The van der Waals surface area contributed by atoms with E-state index in [1.54, 1.807) is 12.3 Å². The molecule has 0 spiro atoms. The highest BCUT2D eigenvalue weighted by Crippen LogP contribution is 2.34. The first-order valence-corrected chi connectivity index (χ1v) is 4.80. The largest absolute Gasteiger partial charge is 0.427 e. The minimum absolute atomic E-state index is 0.231. The van der Waals surface area contributed by atoms with Gasteiger partial charge in [0.25, 0.3) is 6.26 Å². The van der Waals surface area contributed by atoms with Crippen molar-refractivity contribution >= 4 is 6.08 Å². The maximum Gasteiger partial charge on any atom is 0.286 e. The third-order valence-corrected chi connectivity index (χ3v) is 2.88. The standard InChI is InChI=1S/C10H14N2O2/c1-10(12-8-13)4-2-9(3-5-10)6-14-7-11/h9H,2-6H2,1H3. The van der Waals surface area contributed by atoms with E-state index in [4.69, 9.17) is 10.00 Å². The van der Waals surface area contributed by atoms with Gasteiger partial charge in [-0.3, -0.25) is 0 Å². The number of ether oxygens (including phenoxy) is 1. The number of isocyanates is 1. The van der Waals surface area contributed by atoms with Crippen LogP contribution >= 0.6 is 0 Å². The summed E-state index contributed by atoms with van der Waals surface area (Å²) in [6.07, 6.45) is 6.98. The summed E-state index contributed by atoms with van der Waals surface area (Å²) in [5.41, 5.74) is -0.231. The van der Waals surface area contributed by atoms with Crippen LogP contribution in [-0.4, -0.2) is 18.2 Å². The Hall–Kier alpha value is -1.33. The lowest BCUT2D eigenvalue weighted by Gasteiger charge is -2.32. The van der Waals surface area contributed by atoms with Crippen LogP contribution in [0.2, 0.25) is 0 Å². The van der Waals surface area contributed by atoms with E-state index in [0.29, 0.717) is 12.5 Å². The van der Waals surface area contributed by atoms with Crippen LogP contribution < -0.4 is 0 Å². The Morgan fingerprint density at radius 1 is 1.57 bits per heavy atom. The van der Waals surface area contributed by atoms with Gasteiger partial charge < -0.3 is 4.74 Å². The van der Waals surface area contributed by atoms with Crippen LogP contribution in [0.25, 0.3) is 0 Å². The van der Waals surface area contributed by atoms with Gasteiger partial charge in [0.1, 0.15) is 6.61 Å². The molecule has 0 atom stereocenters. The monoisotopic (exact) mass is 194 g/mol. The topological polar surface area (TPSA) is 62.4 Å². The first-order valence-electron chi connectivity index (χ1n) is 4.80. The fraction of sp³-hybridized carbons (Fsp3) is 0.800. The number of hydrogen-bond acceptors (Lipinski definition) is 4. The zero-order valence-corrected chi connectivity index (χ0v) is 8.32. The number of rotatable bonds is 3. The molecule has 0 aromatic heterocycles. The van der Waals surface area contributed by atoms with Gasteiger partial charge in [-0.15, -0.1) is 0 Å². The van der Waals surface area contributed by atoms with Crippen molar-refractivity contribution in [3.63, 3.8) is 0 Å². The molecule has 0 amide bonds. The highest BCUT2D eigenvalue weighted by Gasteiger charge is 2.30. The Morgan fingerprint density at radius 2 is 2.21 bits per heavy atom. The van der Waals surface area contributed by atoms with Crippen LogP contribution in [0, 0.1) is 17.4 Å². The molecule has 0 saturated heterocycles. The molecule has 0 aromatic carbocycles.